The normalized spacial score (nSPS) is 11.0. The molecule has 2 aromatic heterocycles. The van der Waals surface area contributed by atoms with E-state index < -0.39 is 0 Å². The third-order valence-corrected chi connectivity index (χ3v) is 3.52. The number of nitrogens with one attached hydrogen (secondary N) is 1. The van der Waals surface area contributed by atoms with Crippen LogP contribution >= 0.6 is 0 Å². The van der Waals surface area contributed by atoms with Crippen LogP contribution in [0.25, 0.3) is 11.5 Å². The van der Waals surface area contributed by atoms with Crippen molar-refractivity contribution in [2.45, 2.75) is 33.7 Å². The van der Waals surface area contributed by atoms with Crippen molar-refractivity contribution in [3.63, 3.8) is 0 Å². The summed E-state index contributed by atoms with van der Waals surface area (Å²) in [7, 11) is 0. The number of rotatable bonds is 4. The standard InChI is InChI=1S/C17H19N5O2/c1-10(2)22-14(9-12(4)21-22)15(23)18-17-20-19-16(24-17)13-7-5-11(3)6-8-13/h5-10H,1-4H3,(H,18,20,23). The molecule has 0 radical (unpaired) electrons. The molecule has 1 N–H and O–H groups in total. The first kappa shape index (κ1) is 15.9. The van der Waals surface area contributed by atoms with Gasteiger partial charge >= 0.3 is 6.01 Å². The molecular formula is C17H19N5O2. The molecule has 24 heavy (non-hydrogen) atoms. The van der Waals surface area contributed by atoms with Crippen molar-refractivity contribution in [2.24, 2.45) is 0 Å². The van der Waals surface area contributed by atoms with Gasteiger partial charge in [-0.15, -0.1) is 5.10 Å². The summed E-state index contributed by atoms with van der Waals surface area (Å²) in [6.45, 7) is 7.78. The zero-order valence-corrected chi connectivity index (χ0v) is 14.1. The Kier molecular flexibility index (Phi) is 4.16. The van der Waals surface area contributed by atoms with Crippen LogP contribution in [0.4, 0.5) is 6.01 Å². The number of amides is 1. The highest BCUT2D eigenvalue weighted by Gasteiger charge is 2.18. The molecule has 0 bridgehead atoms. The maximum absolute atomic E-state index is 12.4. The van der Waals surface area contributed by atoms with E-state index in [1.165, 1.54) is 0 Å². The Morgan fingerprint density at radius 3 is 2.54 bits per heavy atom. The van der Waals surface area contributed by atoms with Crippen molar-refractivity contribution in [2.75, 3.05) is 5.32 Å². The van der Waals surface area contributed by atoms with E-state index in [-0.39, 0.29) is 18.0 Å². The van der Waals surface area contributed by atoms with Crippen molar-refractivity contribution >= 4 is 11.9 Å². The molecule has 3 rings (SSSR count). The number of carbonyl (C=O) groups is 1. The minimum absolute atomic E-state index is 0.0599. The van der Waals surface area contributed by atoms with Crippen LogP contribution in [0.3, 0.4) is 0 Å². The number of anilines is 1. The predicted octanol–water partition coefficient (Wildman–Crippen LogP) is 3.38. The SMILES string of the molecule is Cc1ccc(-c2nnc(NC(=O)c3cc(C)nn3C(C)C)o2)cc1. The van der Waals surface area contributed by atoms with Gasteiger partial charge in [-0.1, -0.05) is 22.8 Å². The summed E-state index contributed by atoms with van der Waals surface area (Å²) < 4.78 is 7.19. The summed E-state index contributed by atoms with van der Waals surface area (Å²) in [6.07, 6.45) is 0. The highest BCUT2D eigenvalue weighted by molar-refractivity contribution is 6.02. The third kappa shape index (κ3) is 3.19. The van der Waals surface area contributed by atoms with E-state index in [1.54, 1.807) is 10.7 Å². The van der Waals surface area contributed by atoms with Gasteiger partial charge in [0.1, 0.15) is 5.69 Å². The van der Waals surface area contributed by atoms with Crippen LogP contribution < -0.4 is 5.32 Å². The topological polar surface area (TPSA) is 85.8 Å². The lowest BCUT2D eigenvalue weighted by atomic mass is 10.1. The van der Waals surface area contributed by atoms with E-state index >= 15 is 0 Å². The number of aromatic nitrogens is 4. The van der Waals surface area contributed by atoms with Crippen LogP contribution in [-0.2, 0) is 0 Å². The van der Waals surface area contributed by atoms with Gasteiger partial charge in [0.25, 0.3) is 5.91 Å². The molecule has 0 fully saturated rings. The molecule has 0 saturated carbocycles. The lowest BCUT2D eigenvalue weighted by Gasteiger charge is -2.09. The molecule has 2 heterocycles. The molecule has 124 valence electrons. The summed E-state index contributed by atoms with van der Waals surface area (Å²) in [4.78, 5) is 12.4. The van der Waals surface area contributed by atoms with E-state index in [0.29, 0.717) is 11.6 Å². The number of aryl methyl sites for hydroxylation is 2. The number of carbonyl (C=O) groups excluding carboxylic acids is 1. The minimum Gasteiger partial charge on any atom is -0.403 e. The van der Waals surface area contributed by atoms with Gasteiger partial charge in [0.15, 0.2) is 0 Å². The average Bonchev–Trinajstić information content (AvgIpc) is 3.15. The van der Waals surface area contributed by atoms with E-state index in [1.807, 2.05) is 52.0 Å². The Labute approximate surface area is 139 Å². The van der Waals surface area contributed by atoms with Gasteiger partial charge in [-0.2, -0.15) is 5.10 Å². The number of nitrogens with zero attached hydrogens (tertiary/aromatic N) is 4. The fourth-order valence-corrected chi connectivity index (χ4v) is 2.33. The molecule has 1 aromatic carbocycles. The highest BCUT2D eigenvalue weighted by atomic mass is 16.4. The van der Waals surface area contributed by atoms with Gasteiger partial charge in [-0.25, -0.2) is 0 Å². The van der Waals surface area contributed by atoms with Crippen molar-refractivity contribution in [1.82, 2.24) is 20.0 Å². The van der Waals surface area contributed by atoms with Crippen LogP contribution in [0.1, 0.15) is 41.6 Å². The van der Waals surface area contributed by atoms with Crippen molar-refractivity contribution in [1.29, 1.82) is 0 Å². The average molecular weight is 325 g/mol. The second kappa shape index (κ2) is 6.27. The molecule has 0 spiro atoms. The van der Waals surface area contributed by atoms with Gasteiger partial charge < -0.3 is 4.42 Å². The molecule has 7 nitrogen and oxygen atoms in total. The number of hydrogen-bond donors (Lipinski definition) is 1. The first-order valence-corrected chi connectivity index (χ1v) is 7.72. The lowest BCUT2D eigenvalue weighted by molar-refractivity contribution is 0.101. The van der Waals surface area contributed by atoms with Crippen LogP contribution in [-0.4, -0.2) is 25.9 Å². The predicted molar refractivity (Wildman–Crippen MR) is 89.8 cm³/mol. The van der Waals surface area contributed by atoms with Gasteiger partial charge in [-0.3, -0.25) is 14.8 Å². The molecule has 7 heteroatoms. The molecule has 1 amide bonds. The van der Waals surface area contributed by atoms with Crippen LogP contribution in [0, 0.1) is 13.8 Å². The first-order valence-electron chi connectivity index (χ1n) is 7.72. The summed E-state index contributed by atoms with van der Waals surface area (Å²) in [6, 6.07) is 9.57. The summed E-state index contributed by atoms with van der Waals surface area (Å²) in [5.74, 6) is 0.0299. The lowest BCUT2D eigenvalue weighted by Crippen LogP contribution is -2.19. The maximum Gasteiger partial charge on any atom is 0.322 e. The molecule has 0 atom stereocenters. The zero-order chi connectivity index (χ0) is 17.3. The largest absolute Gasteiger partial charge is 0.403 e. The third-order valence-electron chi connectivity index (χ3n) is 3.52. The molecule has 0 aliphatic carbocycles. The minimum atomic E-state index is -0.330. The monoisotopic (exact) mass is 325 g/mol. The van der Waals surface area contributed by atoms with E-state index in [0.717, 1.165) is 16.8 Å². The van der Waals surface area contributed by atoms with Crippen molar-refractivity contribution < 1.29 is 9.21 Å². The number of hydrogen-bond acceptors (Lipinski definition) is 5. The molecule has 0 aliphatic rings. The molecule has 3 aromatic rings. The number of benzene rings is 1. The second-order valence-corrected chi connectivity index (χ2v) is 5.94. The molecule has 0 saturated heterocycles. The van der Waals surface area contributed by atoms with Crippen LogP contribution in [0.2, 0.25) is 0 Å². The summed E-state index contributed by atoms with van der Waals surface area (Å²) in [5.41, 5.74) is 3.18. The Bertz CT molecular complexity index is 861. The van der Waals surface area contributed by atoms with Crippen LogP contribution in [0.15, 0.2) is 34.7 Å². The van der Waals surface area contributed by atoms with Crippen molar-refractivity contribution in [3.8, 4) is 11.5 Å². The second-order valence-electron chi connectivity index (χ2n) is 5.94. The summed E-state index contributed by atoms with van der Waals surface area (Å²) >= 11 is 0. The van der Waals surface area contributed by atoms with Gasteiger partial charge in [-0.05, 0) is 45.9 Å². The zero-order valence-electron chi connectivity index (χ0n) is 14.1. The van der Waals surface area contributed by atoms with E-state index in [2.05, 4.69) is 20.6 Å². The summed E-state index contributed by atoms with van der Waals surface area (Å²) in [5, 5.41) is 14.8. The van der Waals surface area contributed by atoms with Crippen LogP contribution in [0.5, 0.6) is 0 Å². The van der Waals surface area contributed by atoms with Gasteiger partial charge in [0.2, 0.25) is 5.89 Å². The van der Waals surface area contributed by atoms with Gasteiger partial charge in [0.05, 0.1) is 5.69 Å². The fourth-order valence-electron chi connectivity index (χ4n) is 2.33. The Balaban J connectivity index is 1.80. The Hall–Kier alpha value is -2.96. The highest BCUT2D eigenvalue weighted by Crippen LogP contribution is 2.21. The molecule has 0 unspecified atom stereocenters. The maximum atomic E-state index is 12.4. The van der Waals surface area contributed by atoms with E-state index in [9.17, 15) is 4.79 Å². The van der Waals surface area contributed by atoms with E-state index in [4.69, 9.17) is 4.42 Å². The fraction of sp³-hybridized carbons (Fsp3) is 0.294. The van der Waals surface area contributed by atoms with Crippen molar-refractivity contribution in [3.05, 3.63) is 47.3 Å². The Morgan fingerprint density at radius 2 is 1.88 bits per heavy atom. The smallest absolute Gasteiger partial charge is 0.322 e. The Morgan fingerprint density at radius 1 is 1.17 bits per heavy atom. The first-order chi connectivity index (χ1) is 11.4. The molecule has 0 aliphatic heterocycles. The van der Waals surface area contributed by atoms with Gasteiger partial charge in [0, 0.05) is 11.6 Å². The quantitative estimate of drug-likeness (QED) is 0.794. The molecular weight excluding hydrogens is 306 g/mol.